The van der Waals surface area contributed by atoms with E-state index in [1.54, 1.807) is 0 Å². The maximum atomic E-state index is 12.1. The minimum Gasteiger partial charge on any atom is -0.391 e. The van der Waals surface area contributed by atoms with Crippen molar-refractivity contribution < 1.29 is 9.90 Å². The lowest BCUT2D eigenvalue weighted by Crippen LogP contribution is -2.46. The highest BCUT2D eigenvalue weighted by Gasteiger charge is 2.42. The number of aliphatic hydroxyl groups excluding tert-OH is 1. The van der Waals surface area contributed by atoms with Crippen molar-refractivity contribution in [3.63, 3.8) is 0 Å². The first-order chi connectivity index (χ1) is 8.58. The Kier molecular flexibility index (Phi) is 4.62. The van der Waals surface area contributed by atoms with Crippen LogP contribution in [0.25, 0.3) is 0 Å². The first-order valence-corrected chi connectivity index (χ1v) is 7.27. The summed E-state index contributed by atoms with van der Waals surface area (Å²) in [6, 6.07) is -0.0243. The van der Waals surface area contributed by atoms with Crippen LogP contribution in [0.2, 0.25) is 0 Å². The molecule has 4 nitrogen and oxygen atoms in total. The Balaban J connectivity index is 1.75. The zero-order valence-electron chi connectivity index (χ0n) is 11.5. The molecule has 1 saturated heterocycles. The summed E-state index contributed by atoms with van der Waals surface area (Å²) < 4.78 is 0. The summed E-state index contributed by atoms with van der Waals surface area (Å²) in [6.45, 7) is 5.52. The molecule has 0 aromatic heterocycles. The van der Waals surface area contributed by atoms with Gasteiger partial charge in [-0.1, -0.05) is 20.3 Å². The summed E-state index contributed by atoms with van der Waals surface area (Å²) in [5.41, 5.74) is 0. The molecule has 0 aromatic carbocycles. The van der Waals surface area contributed by atoms with Gasteiger partial charge in [0.2, 0.25) is 5.91 Å². The molecule has 2 rings (SSSR count). The predicted octanol–water partition coefficient (Wildman–Crippen LogP) is 0.898. The Bertz CT molecular complexity index is 294. The average Bonchev–Trinajstić information content (AvgIpc) is 2.86. The van der Waals surface area contributed by atoms with Crippen molar-refractivity contribution in [1.82, 2.24) is 10.6 Å². The SMILES string of the molecule is CC(C)CC(O)CNC(=O)C1NCC2CCCC21. The zero-order chi connectivity index (χ0) is 13.1. The molecule has 0 spiro atoms. The summed E-state index contributed by atoms with van der Waals surface area (Å²) in [4.78, 5) is 12.1. The second-order valence-electron chi connectivity index (χ2n) is 6.27. The number of carbonyl (C=O) groups excluding carboxylic acids is 1. The number of amides is 1. The molecule has 2 fully saturated rings. The van der Waals surface area contributed by atoms with Gasteiger partial charge in [-0.25, -0.2) is 0 Å². The summed E-state index contributed by atoms with van der Waals surface area (Å²) in [5.74, 6) is 1.75. The van der Waals surface area contributed by atoms with E-state index in [1.165, 1.54) is 19.3 Å². The molecule has 1 amide bonds. The molecule has 0 bridgehead atoms. The van der Waals surface area contributed by atoms with Gasteiger partial charge in [0.25, 0.3) is 0 Å². The Morgan fingerprint density at radius 3 is 2.94 bits per heavy atom. The zero-order valence-corrected chi connectivity index (χ0v) is 11.5. The van der Waals surface area contributed by atoms with Crippen LogP contribution in [-0.4, -0.2) is 36.2 Å². The van der Waals surface area contributed by atoms with Crippen LogP contribution in [0.4, 0.5) is 0 Å². The second kappa shape index (κ2) is 6.02. The number of rotatable bonds is 5. The van der Waals surface area contributed by atoms with Gasteiger partial charge in [-0.3, -0.25) is 4.79 Å². The number of hydrogen-bond donors (Lipinski definition) is 3. The van der Waals surface area contributed by atoms with Gasteiger partial charge in [-0.05, 0) is 43.6 Å². The van der Waals surface area contributed by atoms with E-state index < -0.39 is 6.10 Å². The van der Waals surface area contributed by atoms with Gasteiger partial charge in [0.05, 0.1) is 12.1 Å². The molecular weight excluding hydrogens is 228 g/mol. The lowest BCUT2D eigenvalue weighted by atomic mass is 9.93. The third kappa shape index (κ3) is 3.23. The van der Waals surface area contributed by atoms with Crippen molar-refractivity contribution in [1.29, 1.82) is 0 Å². The lowest BCUT2D eigenvalue weighted by Gasteiger charge is -2.19. The van der Waals surface area contributed by atoms with Gasteiger partial charge in [0.1, 0.15) is 0 Å². The van der Waals surface area contributed by atoms with E-state index in [0.717, 1.165) is 13.0 Å². The van der Waals surface area contributed by atoms with Gasteiger partial charge in [-0.15, -0.1) is 0 Å². The van der Waals surface area contributed by atoms with Crippen LogP contribution in [0.3, 0.4) is 0 Å². The van der Waals surface area contributed by atoms with Gasteiger partial charge >= 0.3 is 0 Å². The number of nitrogens with one attached hydrogen (secondary N) is 2. The predicted molar refractivity (Wildman–Crippen MR) is 71.1 cm³/mol. The van der Waals surface area contributed by atoms with Gasteiger partial charge in [0.15, 0.2) is 0 Å². The number of hydrogen-bond acceptors (Lipinski definition) is 3. The average molecular weight is 254 g/mol. The Morgan fingerprint density at radius 2 is 2.22 bits per heavy atom. The van der Waals surface area contributed by atoms with E-state index in [-0.39, 0.29) is 11.9 Å². The number of aliphatic hydroxyl groups is 1. The van der Waals surface area contributed by atoms with E-state index in [1.807, 2.05) is 0 Å². The topological polar surface area (TPSA) is 61.4 Å². The third-order valence-corrected chi connectivity index (χ3v) is 4.28. The second-order valence-corrected chi connectivity index (χ2v) is 6.27. The Labute approximate surface area is 110 Å². The highest BCUT2D eigenvalue weighted by Crippen LogP contribution is 2.37. The molecule has 1 aliphatic heterocycles. The minimum absolute atomic E-state index is 0.0243. The van der Waals surface area contributed by atoms with Crippen molar-refractivity contribution in [2.75, 3.05) is 13.1 Å². The fraction of sp³-hybridized carbons (Fsp3) is 0.929. The fourth-order valence-corrected chi connectivity index (χ4v) is 3.43. The third-order valence-electron chi connectivity index (χ3n) is 4.28. The number of fused-ring (bicyclic) bond motifs is 1. The van der Waals surface area contributed by atoms with E-state index >= 15 is 0 Å². The van der Waals surface area contributed by atoms with Crippen molar-refractivity contribution in [3.05, 3.63) is 0 Å². The fourth-order valence-electron chi connectivity index (χ4n) is 3.43. The Morgan fingerprint density at radius 1 is 1.44 bits per heavy atom. The number of carbonyl (C=O) groups is 1. The lowest BCUT2D eigenvalue weighted by molar-refractivity contribution is -0.124. The van der Waals surface area contributed by atoms with E-state index in [9.17, 15) is 9.90 Å². The summed E-state index contributed by atoms with van der Waals surface area (Å²) >= 11 is 0. The maximum Gasteiger partial charge on any atom is 0.237 e. The molecule has 0 aromatic rings. The summed E-state index contributed by atoms with van der Waals surface area (Å²) in [7, 11) is 0. The van der Waals surface area contributed by atoms with Crippen LogP contribution >= 0.6 is 0 Å². The molecule has 104 valence electrons. The molecule has 3 N–H and O–H groups in total. The van der Waals surface area contributed by atoms with Crippen molar-refractivity contribution >= 4 is 5.91 Å². The minimum atomic E-state index is -0.422. The van der Waals surface area contributed by atoms with E-state index in [0.29, 0.717) is 24.3 Å². The summed E-state index contributed by atoms with van der Waals surface area (Å²) in [5, 5.41) is 16.0. The van der Waals surface area contributed by atoms with Crippen LogP contribution in [0.15, 0.2) is 0 Å². The van der Waals surface area contributed by atoms with Gasteiger partial charge in [0, 0.05) is 6.54 Å². The molecular formula is C14H26N2O2. The maximum absolute atomic E-state index is 12.1. The van der Waals surface area contributed by atoms with Crippen LogP contribution in [0, 0.1) is 17.8 Å². The van der Waals surface area contributed by atoms with Crippen LogP contribution in [0.5, 0.6) is 0 Å². The van der Waals surface area contributed by atoms with Gasteiger partial charge < -0.3 is 15.7 Å². The molecule has 1 heterocycles. The van der Waals surface area contributed by atoms with Crippen LogP contribution < -0.4 is 10.6 Å². The molecule has 0 radical (unpaired) electrons. The largest absolute Gasteiger partial charge is 0.391 e. The van der Waals surface area contributed by atoms with Crippen molar-refractivity contribution in [2.45, 2.75) is 51.7 Å². The van der Waals surface area contributed by atoms with Crippen molar-refractivity contribution in [2.24, 2.45) is 17.8 Å². The van der Waals surface area contributed by atoms with E-state index in [2.05, 4.69) is 24.5 Å². The highest BCUT2D eigenvalue weighted by atomic mass is 16.3. The quantitative estimate of drug-likeness (QED) is 0.683. The molecule has 4 heteroatoms. The smallest absolute Gasteiger partial charge is 0.237 e. The normalized spacial score (nSPS) is 32.6. The molecule has 4 unspecified atom stereocenters. The molecule has 2 aliphatic rings. The Hall–Kier alpha value is -0.610. The summed E-state index contributed by atoms with van der Waals surface area (Å²) in [6.07, 6.45) is 4.01. The molecule has 4 atom stereocenters. The highest BCUT2D eigenvalue weighted by molar-refractivity contribution is 5.82. The molecule has 1 aliphatic carbocycles. The molecule has 1 saturated carbocycles. The van der Waals surface area contributed by atoms with E-state index in [4.69, 9.17) is 0 Å². The van der Waals surface area contributed by atoms with Crippen LogP contribution in [-0.2, 0) is 4.79 Å². The first kappa shape index (κ1) is 13.8. The van der Waals surface area contributed by atoms with Gasteiger partial charge in [-0.2, -0.15) is 0 Å². The van der Waals surface area contributed by atoms with Crippen molar-refractivity contribution in [3.8, 4) is 0 Å². The monoisotopic (exact) mass is 254 g/mol. The molecule has 18 heavy (non-hydrogen) atoms. The van der Waals surface area contributed by atoms with Crippen LogP contribution in [0.1, 0.15) is 39.5 Å². The standard InChI is InChI=1S/C14H26N2O2/c1-9(2)6-11(17)8-16-14(18)13-12-5-3-4-10(12)7-15-13/h9-13,15,17H,3-8H2,1-2H3,(H,16,18). The first-order valence-electron chi connectivity index (χ1n) is 7.27.